The summed E-state index contributed by atoms with van der Waals surface area (Å²) in [7, 11) is 0. The maximum Gasteiger partial charge on any atom is 0.258 e. The third kappa shape index (κ3) is 2.23. The zero-order chi connectivity index (χ0) is 12.1. The van der Waals surface area contributed by atoms with Crippen LogP contribution < -0.4 is 5.73 Å². The number of halogens is 2. The maximum atomic E-state index is 12.8. The molecule has 0 bridgehead atoms. The van der Waals surface area contributed by atoms with Crippen molar-refractivity contribution in [1.29, 1.82) is 0 Å². The second-order valence-electron chi connectivity index (χ2n) is 3.80. The van der Waals surface area contributed by atoms with Gasteiger partial charge in [-0.05, 0) is 0 Å². The second kappa shape index (κ2) is 3.08. The first-order valence-electron chi connectivity index (χ1n) is 4.05. The average molecular weight is 227 g/mol. The summed E-state index contributed by atoms with van der Waals surface area (Å²) in [6, 6.07) is 0. The lowest BCUT2D eigenvalue weighted by Crippen LogP contribution is -2.65. The molecule has 0 spiro atoms. The standard InChI is InChI=1S/C7H11F2NO5/c8-5(9)1-6(12,13)3(4(10)11)7(14,15)2-5/h3,12-15H,1-2H2,(H2,10,11). The smallest absolute Gasteiger partial charge is 0.258 e. The van der Waals surface area contributed by atoms with Crippen LogP contribution in [0.3, 0.4) is 0 Å². The van der Waals surface area contributed by atoms with Gasteiger partial charge in [0.2, 0.25) is 5.91 Å². The van der Waals surface area contributed by atoms with Crippen molar-refractivity contribution in [3.8, 4) is 0 Å². The Bertz CT molecular complexity index is 271. The Labute approximate surface area is 82.9 Å². The lowest BCUT2D eigenvalue weighted by Gasteiger charge is -2.44. The fourth-order valence-corrected chi connectivity index (χ4v) is 1.85. The van der Waals surface area contributed by atoms with Crippen LogP contribution in [-0.4, -0.2) is 43.8 Å². The van der Waals surface area contributed by atoms with Crippen molar-refractivity contribution in [2.45, 2.75) is 30.3 Å². The molecule has 88 valence electrons. The van der Waals surface area contributed by atoms with E-state index < -0.39 is 42.2 Å². The molecule has 1 saturated carbocycles. The van der Waals surface area contributed by atoms with E-state index in [0.717, 1.165) is 0 Å². The fourth-order valence-electron chi connectivity index (χ4n) is 1.85. The molecule has 0 atom stereocenters. The lowest BCUT2D eigenvalue weighted by atomic mass is 9.76. The highest BCUT2D eigenvalue weighted by atomic mass is 19.3. The van der Waals surface area contributed by atoms with Crippen LogP contribution in [0.1, 0.15) is 12.8 Å². The molecule has 0 unspecified atom stereocenters. The summed E-state index contributed by atoms with van der Waals surface area (Å²) in [6.07, 6.45) is -2.95. The van der Waals surface area contributed by atoms with Crippen molar-refractivity contribution in [3.05, 3.63) is 0 Å². The van der Waals surface area contributed by atoms with Gasteiger partial charge in [0, 0.05) is 0 Å². The van der Waals surface area contributed by atoms with Crippen molar-refractivity contribution in [1.82, 2.24) is 0 Å². The first kappa shape index (κ1) is 12.2. The molecular weight excluding hydrogens is 216 g/mol. The normalized spacial score (nSPS) is 28.7. The van der Waals surface area contributed by atoms with E-state index in [4.69, 9.17) is 20.4 Å². The Kier molecular flexibility index (Phi) is 2.51. The molecule has 1 aliphatic rings. The van der Waals surface area contributed by atoms with E-state index in [1.807, 2.05) is 0 Å². The SMILES string of the molecule is NC(=O)C1C(O)(O)CC(F)(F)CC1(O)O. The minimum atomic E-state index is -3.70. The Morgan fingerprint density at radius 1 is 1.13 bits per heavy atom. The van der Waals surface area contributed by atoms with E-state index in [-0.39, 0.29) is 0 Å². The van der Waals surface area contributed by atoms with Gasteiger partial charge in [-0.3, -0.25) is 4.79 Å². The largest absolute Gasteiger partial charge is 0.369 e. The van der Waals surface area contributed by atoms with Crippen LogP contribution in [-0.2, 0) is 4.79 Å². The highest BCUT2D eigenvalue weighted by Gasteiger charge is 2.63. The predicted molar refractivity (Wildman–Crippen MR) is 41.2 cm³/mol. The Balaban J connectivity index is 3.12. The summed E-state index contributed by atoms with van der Waals surface area (Å²) in [6.45, 7) is 0. The number of aliphatic hydroxyl groups is 4. The van der Waals surface area contributed by atoms with Gasteiger partial charge in [-0.1, -0.05) is 0 Å². The summed E-state index contributed by atoms with van der Waals surface area (Å²) in [5, 5.41) is 36.5. The molecule has 1 fully saturated rings. The average Bonchev–Trinajstić information content (AvgIpc) is 1.71. The molecule has 0 aliphatic heterocycles. The zero-order valence-electron chi connectivity index (χ0n) is 7.52. The lowest BCUT2D eigenvalue weighted by molar-refractivity contribution is -0.351. The summed E-state index contributed by atoms with van der Waals surface area (Å²) in [5.74, 6) is -13.9. The Morgan fingerprint density at radius 2 is 1.47 bits per heavy atom. The maximum absolute atomic E-state index is 12.8. The van der Waals surface area contributed by atoms with Gasteiger partial charge in [-0.15, -0.1) is 0 Å². The van der Waals surface area contributed by atoms with Gasteiger partial charge >= 0.3 is 0 Å². The van der Waals surface area contributed by atoms with Crippen molar-refractivity contribution in [2.24, 2.45) is 11.7 Å². The topological polar surface area (TPSA) is 124 Å². The monoisotopic (exact) mass is 227 g/mol. The van der Waals surface area contributed by atoms with Gasteiger partial charge < -0.3 is 26.2 Å². The van der Waals surface area contributed by atoms with E-state index in [1.54, 1.807) is 0 Å². The molecule has 8 heteroatoms. The summed E-state index contributed by atoms with van der Waals surface area (Å²) in [5.41, 5.74) is 4.68. The van der Waals surface area contributed by atoms with Crippen LogP contribution in [0.25, 0.3) is 0 Å². The molecule has 0 aromatic rings. The predicted octanol–water partition coefficient (Wildman–Crippen LogP) is -2.12. The second-order valence-corrected chi connectivity index (χ2v) is 3.80. The minimum Gasteiger partial charge on any atom is -0.369 e. The fraction of sp³-hybridized carbons (Fsp3) is 0.857. The van der Waals surface area contributed by atoms with Gasteiger partial charge in [0.15, 0.2) is 11.6 Å². The number of hydrogen-bond acceptors (Lipinski definition) is 5. The first-order chi connectivity index (χ1) is 6.48. The Hall–Kier alpha value is -0.830. The number of hydrogen-bond donors (Lipinski definition) is 5. The number of carbonyl (C=O) groups is 1. The minimum absolute atomic E-state index is 1.47. The highest BCUT2D eigenvalue weighted by molar-refractivity contribution is 5.79. The number of nitrogens with two attached hydrogens (primary N) is 1. The molecular formula is C7H11F2NO5. The molecule has 1 rings (SSSR count). The van der Waals surface area contributed by atoms with Crippen LogP contribution >= 0.6 is 0 Å². The van der Waals surface area contributed by atoms with Crippen molar-refractivity contribution in [2.75, 3.05) is 0 Å². The quantitative estimate of drug-likeness (QED) is 0.327. The molecule has 1 amide bonds. The molecule has 0 heterocycles. The van der Waals surface area contributed by atoms with E-state index in [1.165, 1.54) is 0 Å². The highest BCUT2D eigenvalue weighted by Crippen LogP contribution is 2.45. The molecule has 0 radical (unpaired) electrons. The van der Waals surface area contributed by atoms with E-state index in [0.29, 0.717) is 0 Å². The molecule has 0 aromatic carbocycles. The van der Waals surface area contributed by atoms with Crippen LogP contribution in [0.4, 0.5) is 8.78 Å². The molecule has 0 saturated heterocycles. The van der Waals surface area contributed by atoms with Gasteiger partial charge in [0.1, 0.15) is 5.92 Å². The van der Waals surface area contributed by atoms with Crippen LogP contribution in [0.5, 0.6) is 0 Å². The molecule has 1 aliphatic carbocycles. The van der Waals surface area contributed by atoms with Gasteiger partial charge in [-0.2, -0.15) is 0 Å². The number of alkyl halides is 2. The van der Waals surface area contributed by atoms with Crippen molar-refractivity contribution in [3.63, 3.8) is 0 Å². The number of amides is 1. The molecule has 0 aromatic heterocycles. The van der Waals surface area contributed by atoms with Crippen LogP contribution in [0, 0.1) is 5.92 Å². The van der Waals surface area contributed by atoms with Gasteiger partial charge in [0.25, 0.3) is 5.92 Å². The zero-order valence-corrected chi connectivity index (χ0v) is 7.52. The summed E-state index contributed by atoms with van der Waals surface area (Å²) in [4.78, 5) is 10.7. The van der Waals surface area contributed by atoms with E-state index in [2.05, 4.69) is 5.73 Å². The van der Waals surface area contributed by atoms with Crippen molar-refractivity contribution >= 4 is 5.91 Å². The molecule has 6 nitrogen and oxygen atoms in total. The summed E-state index contributed by atoms with van der Waals surface area (Å²) < 4.78 is 25.7. The van der Waals surface area contributed by atoms with Crippen LogP contribution in [0.2, 0.25) is 0 Å². The van der Waals surface area contributed by atoms with E-state index in [9.17, 15) is 13.6 Å². The van der Waals surface area contributed by atoms with E-state index >= 15 is 0 Å². The Morgan fingerprint density at radius 3 is 1.73 bits per heavy atom. The summed E-state index contributed by atoms with van der Waals surface area (Å²) >= 11 is 0. The number of primary amides is 1. The number of rotatable bonds is 1. The molecule has 6 N–H and O–H groups in total. The van der Waals surface area contributed by atoms with Gasteiger partial charge in [0.05, 0.1) is 12.8 Å². The van der Waals surface area contributed by atoms with Crippen molar-refractivity contribution < 1.29 is 34.0 Å². The first-order valence-corrected chi connectivity index (χ1v) is 4.05. The molecule has 15 heavy (non-hydrogen) atoms. The number of carbonyl (C=O) groups excluding carboxylic acids is 1. The van der Waals surface area contributed by atoms with Crippen LogP contribution in [0.15, 0.2) is 0 Å². The third-order valence-electron chi connectivity index (χ3n) is 2.25. The third-order valence-corrected chi connectivity index (χ3v) is 2.25. The van der Waals surface area contributed by atoms with Gasteiger partial charge in [-0.25, -0.2) is 8.78 Å².